The first kappa shape index (κ1) is 9.93. The van der Waals surface area contributed by atoms with E-state index < -0.39 is 0 Å². The van der Waals surface area contributed by atoms with Crippen molar-refractivity contribution < 1.29 is 9.53 Å². The monoisotopic (exact) mass is 198 g/mol. The Hall–Kier alpha value is -0.610. The molecule has 3 atom stereocenters. The van der Waals surface area contributed by atoms with Gasteiger partial charge in [-0.3, -0.25) is 4.79 Å². The highest BCUT2D eigenvalue weighted by Gasteiger charge is 2.29. The van der Waals surface area contributed by atoms with Crippen LogP contribution in [-0.2, 0) is 9.53 Å². The zero-order valence-electron chi connectivity index (χ0n) is 8.58. The summed E-state index contributed by atoms with van der Waals surface area (Å²) in [5.41, 5.74) is 0. The Morgan fingerprint density at radius 3 is 2.93 bits per heavy atom. The van der Waals surface area contributed by atoms with Crippen molar-refractivity contribution >= 4 is 5.91 Å². The minimum absolute atomic E-state index is 0.0304. The van der Waals surface area contributed by atoms with Gasteiger partial charge in [0.15, 0.2) is 0 Å². The van der Waals surface area contributed by atoms with Crippen molar-refractivity contribution in [3.05, 3.63) is 0 Å². The van der Waals surface area contributed by atoms with Crippen molar-refractivity contribution in [2.24, 2.45) is 0 Å². The van der Waals surface area contributed by atoms with Gasteiger partial charge in [0.2, 0.25) is 5.91 Å². The predicted molar refractivity (Wildman–Crippen MR) is 53.0 cm³/mol. The maximum absolute atomic E-state index is 11.7. The van der Waals surface area contributed by atoms with Crippen LogP contribution in [0.4, 0.5) is 0 Å². The number of ether oxygens (including phenoxy) is 1. The second-order valence-corrected chi connectivity index (χ2v) is 4.13. The van der Waals surface area contributed by atoms with E-state index in [9.17, 15) is 4.79 Å². The zero-order valence-corrected chi connectivity index (χ0v) is 8.58. The van der Waals surface area contributed by atoms with E-state index in [-0.39, 0.29) is 24.1 Å². The number of hydrogen-bond acceptors (Lipinski definition) is 3. The lowest BCUT2D eigenvalue weighted by Gasteiger charge is -2.18. The molecule has 0 aromatic heterocycles. The molecular weight excluding hydrogens is 180 g/mol. The molecule has 0 aromatic carbocycles. The van der Waals surface area contributed by atoms with Crippen LogP contribution in [-0.4, -0.2) is 37.2 Å². The Balaban J connectivity index is 1.81. The summed E-state index contributed by atoms with van der Waals surface area (Å²) in [4.78, 5) is 11.7. The van der Waals surface area contributed by atoms with Gasteiger partial charge < -0.3 is 15.4 Å². The summed E-state index contributed by atoms with van der Waals surface area (Å²) in [5.74, 6) is 0.143. The first-order chi connectivity index (χ1) is 6.77. The minimum Gasteiger partial charge on any atom is -0.376 e. The SMILES string of the molecule is CC1OCCC1NC(=O)[C@@H]1CCCN1. The molecule has 1 amide bonds. The fraction of sp³-hybridized carbons (Fsp3) is 0.900. The molecule has 2 rings (SSSR count). The van der Waals surface area contributed by atoms with Gasteiger partial charge in [0.25, 0.3) is 0 Å². The van der Waals surface area contributed by atoms with Gasteiger partial charge in [-0.1, -0.05) is 0 Å². The van der Waals surface area contributed by atoms with Gasteiger partial charge in [-0.05, 0) is 32.7 Å². The van der Waals surface area contributed by atoms with Gasteiger partial charge in [0.1, 0.15) is 0 Å². The van der Waals surface area contributed by atoms with Crippen LogP contribution in [0.15, 0.2) is 0 Å². The molecule has 0 aromatic rings. The van der Waals surface area contributed by atoms with E-state index in [2.05, 4.69) is 10.6 Å². The molecule has 14 heavy (non-hydrogen) atoms. The molecule has 2 aliphatic heterocycles. The van der Waals surface area contributed by atoms with E-state index in [0.29, 0.717) is 0 Å². The molecular formula is C10H18N2O2. The van der Waals surface area contributed by atoms with Crippen molar-refractivity contribution in [3.63, 3.8) is 0 Å². The highest BCUT2D eigenvalue weighted by molar-refractivity contribution is 5.82. The molecule has 2 fully saturated rings. The highest BCUT2D eigenvalue weighted by Crippen LogP contribution is 2.13. The summed E-state index contributed by atoms with van der Waals surface area (Å²) in [5, 5.41) is 6.24. The van der Waals surface area contributed by atoms with Crippen LogP contribution in [0.3, 0.4) is 0 Å². The second kappa shape index (κ2) is 4.28. The van der Waals surface area contributed by atoms with Gasteiger partial charge in [0, 0.05) is 6.61 Å². The summed E-state index contributed by atoms with van der Waals surface area (Å²) < 4.78 is 5.39. The molecule has 4 nitrogen and oxygen atoms in total. The zero-order chi connectivity index (χ0) is 9.97. The normalized spacial score (nSPS) is 37.4. The second-order valence-electron chi connectivity index (χ2n) is 4.13. The minimum atomic E-state index is 0.0304. The Morgan fingerprint density at radius 2 is 2.36 bits per heavy atom. The molecule has 0 aliphatic carbocycles. The van der Waals surface area contributed by atoms with Crippen LogP contribution in [0.25, 0.3) is 0 Å². The first-order valence-corrected chi connectivity index (χ1v) is 5.43. The lowest BCUT2D eigenvalue weighted by molar-refractivity contribution is -0.123. The van der Waals surface area contributed by atoms with Crippen LogP contribution in [0.1, 0.15) is 26.2 Å². The van der Waals surface area contributed by atoms with E-state index in [1.807, 2.05) is 6.92 Å². The van der Waals surface area contributed by atoms with Crippen LogP contribution >= 0.6 is 0 Å². The quantitative estimate of drug-likeness (QED) is 0.658. The van der Waals surface area contributed by atoms with Crippen molar-refractivity contribution in [1.29, 1.82) is 0 Å². The molecule has 80 valence electrons. The number of carbonyl (C=O) groups is 1. The van der Waals surface area contributed by atoms with Crippen LogP contribution in [0, 0.1) is 0 Å². The number of nitrogens with one attached hydrogen (secondary N) is 2. The van der Waals surface area contributed by atoms with Crippen molar-refractivity contribution in [2.45, 2.75) is 44.4 Å². The van der Waals surface area contributed by atoms with E-state index in [1.54, 1.807) is 0 Å². The number of carbonyl (C=O) groups excluding carboxylic acids is 1. The summed E-state index contributed by atoms with van der Waals surface area (Å²) in [6.45, 7) is 3.75. The molecule has 2 N–H and O–H groups in total. The Kier molecular flexibility index (Phi) is 3.03. The Bertz CT molecular complexity index is 214. The fourth-order valence-electron chi connectivity index (χ4n) is 2.11. The highest BCUT2D eigenvalue weighted by atomic mass is 16.5. The smallest absolute Gasteiger partial charge is 0.237 e. The third kappa shape index (κ3) is 2.07. The summed E-state index contributed by atoms with van der Waals surface area (Å²) in [6.07, 6.45) is 3.18. The molecule has 0 bridgehead atoms. The summed E-state index contributed by atoms with van der Waals surface area (Å²) >= 11 is 0. The van der Waals surface area contributed by atoms with E-state index in [4.69, 9.17) is 4.74 Å². The number of hydrogen-bond donors (Lipinski definition) is 2. The topological polar surface area (TPSA) is 50.4 Å². The maximum Gasteiger partial charge on any atom is 0.237 e. The average Bonchev–Trinajstić information content (AvgIpc) is 2.77. The number of amides is 1. The molecule has 0 radical (unpaired) electrons. The summed E-state index contributed by atoms with van der Waals surface area (Å²) in [7, 11) is 0. The lowest BCUT2D eigenvalue weighted by atomic mass is 10.1. The predicted octanol–water partition coefficient (Wildman–Crippen LogP) is 0.0320. The molecule has 0 saturated carbocycles. The van der Waals surface area contributed by atoms with Crippen molar-refractivity contribution in [1.82, 2.24) is 10.6 Å². The largest absolute Gasteiger partial charge is 0.376 e. The lowest BCUT2D eigenvalue weighted by Crippen LogP contribution is -2.47. The molecule has 4 heteroatoms. The first-order valence-electron chi connectivity index (χ1n) is 5.43. The van der Waals surface area contributed by atoms with E-state index >= 15 is 0 Å². The molecule has 2 saturated heterocycles. The Labute approximate surface area is 84.4 Å². The van der Waals surface area contributed by atoms with Crippen LogP contribution in [0.2, 0.25) is 0 Å². The third-order valence-corrected chi connectivity index (χ3v) is 3.08. The van der Waals surface area contributed by atoms with Gasteiger partial charge in [-0.2, -0.15) is 0 Å². The maximum atomic E-state index is 11.7. The third-order valence-electron chi connectivity index (χ3n) is 3.08. The Morgan fingerprint density at radius 1 is 1.50 bits per heavy atom. The molecule has 2 unspecified atom stereocenters. The van der Waals surface area contributed by atoms with Crippen LogP contribution in [0.5, 0.6) is 0 Å². The van der Waals surface area contributed by atoms with Crippen molar-refractivity contribution in [2.75, 3.05) is 13.2 Å². The molecule has 0 spiro atoms. The fourth-order valence-corrected chi connectivity index (χ4v) is 2.11. The van der Waals surface area contributed by atoms with Gasteiger partial charge >= 0.3 is 0 Å². The van der Waals surface area contributed by atoms with Crippen molar-refractivity contribution in [3.8, 4) is 0 Å². The molecule has 2 heterocycles. The van der Waals surface area contributed by atoms with E-state index in [1.165, 1.54) is 0 Å². The van der Waals surface area contributed by atoms with Gasteiger partial charge in [0.05, 0.1) is 18.2 Å². The standard InChI is InChI=1S/C10H18N2O2/c1-7-8(4-6-14-7)12-10(13)9-3-2-5-11-9/h7-9,11H,2-6H2,1H3,(H,12,13)/t7?,8?,9-/m0/s1. The number of rotatable bonds is 2. The van der Waals surface area contributed by atoms with E-state index in [0.717, 1.165) is 32.4 Å². The molecule has 2 aliphatic rings. The van der Waals surface area contributed by atoms with Gasteiger partial charge in [-0.25, -0.2) is 0 Å². The van der Waals surface area contributed by atoms with Gasteiger partial charge in [-0.15, -0.1) is 0 Å². The van der Waals surface area contributed by atoms with Crippen LogP contribution < -0.4 is 10.6 Å². The summed E-state index contributed by atoms with van der Waals surface area (Å²) in [6, 6.07) is 0.243. The average molecular weight is 198 g/mol.